The van der Waals surface area contributed by atoms with Crippen LogP contribution in [0.15, 0.2) is 0 Å². The summed E-state index contributed by atoms with van der Waals surface area (Å²) in [5.74, 6) is 0. The zero-order valence-electron chi connectivity index (χ0n) is 6.46. The largest absolute Gasteiger partial charge is 0.356 e. The van der Waals surface area contributed by atoms with Gasteiger partial charge in [0.1, 0.15) is 0 Å². The molecule has 3 nitrogen and oxygen atoms in total. The molecule has 0 rings (SSSR count). The molecule has 0 bridgehead atoms. The standard InChI is InChI=1S/C7H13NO2/c1-3-7(9-2)10-6-4-5-8/h7H,3-4,6H2,1-2H3. The van der Waals surface area contributed by atoms with Gasteiger partial charge in [-0.25, -0.2) is 0 Å². The Kier molecular flexibility index (Phi) is 6.14. The summed E-state index contributed by atoms with van der Waals surface area (Å²) in [5, 5.41) is 8.15. The highest BCUT2D eigenvalue weighted by atomic mass is 16.7. The summed E-state index contributed by atoms with van der Waals surface area (Å²) >= 11 is 0. The summed E-state index contributed by atoms with van der Waals surface area (Å²) in [6, 6.07) is 1.99. The molecule has 0 aliphatic heterocycles. The summed E-state index contributed by atoms with van der Waals surface area (Å²) in [5.41, 5.74) is 0. The van der Waals surface area contributed by atoms with E-state index in [4.69, 9.17) is 14.7 Å². The van der Waals surface area contributed by atoms with Crippen molar-refractivity contribution in [1.29, 1.82) is 5.26 Å². The third-order valence-corrected chi connectivity index (χ3v) is 1.11. The molecular weight excluding hydrogens is 130 g/mol. The third kappa shape index (κ3) is 4.30. The molecule has 0 fully saturated rings. The monoisotopic (exact) mass is 143 g/mol. The van der Waals surface area contributed by atoms with Crippen LogP contribution in [0.2, 0.25) is 0 Å². The van der Waals surface area contributed by atoms with Crippen LogP contribution in [-0.2, 0) is 9.47 Å². The van der Waals surface area contributed by atoms with Gasteiger partial charge in [0.15, 0.2) is 6.29 Å². The maximum atomic E-state index is 8.15. The van der Waals surface area contributed by atoms with Crippen LogP contribution in [0.3, 0.4) is 0 Å². The van der Waals surface area contributed by atoms with Crippen molar-refractivity contribution >= 4 is 0 Å². The van der Waals surface area contributed by atoms with E-state index in [9.17, 15) is 0 Å². The quantitative estimate of drug-likeness (QED) is 0.430. The average molecular weight is 143 g/mol. The zero-order chi connectivity index (χ0) is 7.82. The smallest absolute Gasteiger partial charge is 0.156 e. The number of rotatable bonds is 5. The minimum atomic E-state index is -0.145. The number of nitriles is 1. The summed E-state index contributed by atoms with van der Waals surface area (Å²) in [6.07, 6.45) is 1.11. The fraction of sp³-hybridized carbons (Fsp3) is 0.857. The van der Waals surface area contributed by atoms with Gasteiger partial charge in [0.2, 0.25) is 0 Å². The van der Waals surface area contributed by atoms with E-state index >= 15 is 0 Å². The second-order valence-corrected chi connectivity index (χ2v) is 1.85. The molecule has 0 heterocycles. The van der Waals surface area contributed by atoms with Crippen LogP contribution in [0.4, 0.5) is 0 Å². The molecule has 0 saturated heterocycles. The number of methoxy groups -OCH3 is 1. The molecule has 0 N–H and O–H groups in total. The lowest BCUT2D eigenvalue weighted by atomic mass is 10.4. The molecule has 0 aromatic carbocycles. The van der Waals surface area contributed by atoms with E-state index in [1.165, 1.54) is 0 Å². The van der Waals surface area contributed by atoms with E-state index in [1.54, 1.807) is 7.11 Å². The number of ether oxygens (including phenoxy) is 2. The molecular formula is C7H13NO2. The maximum absolute atomic E-state index is 8.15. The molecule has 0 aliphatic rings. The minimum Gasteiger partial charge on any atom is -0.356 e. The Morgan fingerprint density at radius 1 is 1.60 bits per heavy atom. The predicted molar refractivity (Wildman–Crippen MR) is 37.3 cm³/mol. The van der Waals surface area contributed by atoms with Crippen molar-refractivity contribution in [3.05, 3.63) is 0 Å². The van der Waals surface area contributed by atoms with E-state index in [0.29, 0.717) is 13.0 Å². The Morgan fingerprint density at radius 2 is 2.30 bits per heavy atom. The van der Waals surface area contributed by atoms with Gasteiger partial charge in [-0.05, 0) is 6.42 Å². The van der Waals surface area contributed by atoms with Gasteiger partial charge < -0.3 is 9.47 Å². The summed E-state index contributed by atoms with van der Waals surface area (Å²) < 4.78 is 10.1. The highest BCUT2D eigenvalue weighted by Crippen LogP contribution is 1.97. The molecule has 1 atom stereocenters. The lowest BCUT2D eigenvalue weighted by Gasteiger charge is -2.11. The van der Waals surface area contributed by atoms with Crippen LogP contribution in [0.1, 0.15) is 19.8 Å². The van der Waals surface area contributed by atoms with E-state index in [2.05, 4.69) is 0 Å². The van der Waals surface area contributed by atoms with Crippen molar-refractivity contribution in [3.63, 3.8) is 0 Å². The van der Waals surface area contributed by atoms with Gasteiger partial charge in [0.05, 0.1) is 19.1 Å². The van der Waals surface area contributed by atoms with Gasteiger partial charge in [-0.1, -0.05) is 6.92 Å². The Bertz CT molecular complexity index is 105. The topological polar surface area (TPSA) is 42.2 Å². The van der Waals surface area contributed by atoms with Crippen molar-refractivity contribution in [1.82, 2.24) is 0 Å². The highest BCUT2D eigenvalue weighted by molar-refractivity contribution is 4.67. The fourth-order valence-corrected chi connectivity index (χ4v) is 0.589. The molecule has 10 heavy (non-hydrogen) atoms. The second-order valence-electron chi connectivity index (χ2n) is 1.85. The van der Waals surface area contributed by atoms with Gasteiger partial charge in [-0.15, -0.1) is 0 Å². The normalized spacial score (nSPS) is 12.5. The SMILES string of the molecule is CCC(OC)OCCC#N. The molecule has 0 amide bonds. The minimum absolute atomic E-state index is 0.145. The van der Waals surface area contributed by atoms with Crippen molar-refractivity contribution in [2.24, 2.45) is 0 Å². The first kappa shape index (κ1) is 9.41. The fourth-order valence-electron chi connectivity index (χ4n) is 0.589. The van der Waals surface area contributed by atoms with Crippen molar-refractivity contribution < 1.29 is 9.47 Å². The molecule has 1 unspecified atom stereocenters. The van der Waals surface area contributed by atoms with Gasteiger partial charge in [-0.3, -0.25) is 0 Å². The van der Waals surface area contributed by atoms with Crippen molar-refractivity contribution in [2.45, 2.75) is 26.1 Å². The Hall–Kier alpha value is -0.590. The first-order valence-electron chi connectivity index (χ1n) is 3.36. The van der Waals surface area contributed by atoms with Crippen LogP contribution in [-0.4, -0.2) is 20.0 Å². The number of nitrogens with zero attached hydrogens (tertiary/aromatic N) is 1. The van der Waals surface area contributed by atoms with Crippen LogP contribution in [0.25, 0.3) is 0 Å². The third-order valence-electron chi connectivity index (χ3n) is 1.11. The first-order valence-corrected chi connectivity index (χ1v) is 3.36. The lowest BCUT2D eigenvalue weighted by Crippen LogP contribution is -2.14. The van der Waals surface area contributed by atoms with Crippen molar-refractivity contribution in [3.8, 4) is 6.07 Å². The molecule has 0 saturated carbocycles. The number of hydrogen-bond donors (Lipinski definition) is 0. The Labute approximate surface area is 61.5 Å². The summed E-state index contributed by atoms with van der Waals surface area (Å²) in [7, 11) is 1.60. The molecule has 3 heteroatoms. The molecule has 58 valence electrons. The van der Waals surface area contributed by atoms with E-state index < -0.39 is 0 Å². The molecule has 0 radical (unpaired) electrons. The molecule has 0 aliphatic carbocycles. The average Bonchev–Trinajstić information content (AvgIpc) is 1.99. The Morgan fingerprint density at radius 3 is 2.70 bits per heavy atom. The van der Waals surface area contributed by atoms with Crippen LogP contribution in [0, 0.1) is 11.3 Å². The van der Waals surface area contributed by atoms with Gasteiger partial charge in [0.25, 0.3) is 0 Å². The molecule has 0 aromatic heterocycles. The van der Waals surface area contributed by atoms with E-state index in [1.807, 2.05) is 13.0 Å². The van der Waals surface area contributed by atoms with Crippen molar-refractivity contribution in [2.75, 3.05) is 13.7 Å². The molecule has 0 spiro atoms. The van der Waals surface area contributed by atoms with Crippen LogP contribution < -0.4 is 0 Å². The van der Waals surface area contributed by atoms with Crippen LogP contribution >= 0.6 is 0 Å². The second kappa shape index (κ2) is 6.53. The number of hydrogen-bond acceptors (Lipinski definition) is 3. The maximum Gasteiger partial charge on any atom is 0.156 e. The lowest BCUT2D eigenvalue weighted by molar-refractivity contribution is -0.123. The molecule has 0 aromatic rings. The highest BCUT2D eigenvalue weighted by Gasteiger charge is 2.01. The summed E-state index contributed by atoms with van der Waals surface area (Å²) in [6.45, 7) is 2.43. The zero-order valence-corrected chi connectivity index (χ0v) is 6.46. The predicted octanol–water partition coefficient (Wildman–Crippen LogP) is 1.30. The van der Waals surface area contributed by atoms with Crippen LogP contribution in [0.5, 0.6) is 0 Å². The Balaban J connectivity index is 3.19. The van der Waals surface area contributed by atoms with Gasteiger partial charge in [-0.2, -0.15) is 5.26 Å². The van der Waals surface area contributed by atoms with Gasteiger partial charge in [0, 0.05) is 7.11 Å². The first-order chi connectivity index (χ1) is 4.85. The van der Waals surface area contributed by atoms with E-state index in [-0.39, 0.29) is 6.29 Å². The van der Waals surface area contributed by atoms with E-state index in [0.717, 1.165) is 6.42 Å². The summed E-state index contributed by atoms with van der Waals surface area (Å²) in [4.78, 5) is 0. The van der Waals surface area contributed by atoms with Gasteiger partial charge >= 0.3 is 0 Å².